The van der Waals surface area contributed by atoms with E-state index in [1.165, 1.54) is 0 Å². The van der Waals surface area contributed by atoms with Gasteiger partial charge in [-0.1, -0.05) is 0 Å². The Morgan fingerprint density at radius 2 is 1.72 bits per heavy atom. The molecule has 3 saturated carbocycles. The van der Waals surface area contributed by atoms with Crippen molar-refractivity contribution in [2.75, 3.05) is 0 Å². The van der Waals surface area contributed by atoms with Gasteiger partial charge in [0.2, 0.25) is 0 Å². The topological polar surface area (TPSA) is 92.8 Å². The second kappa shape index (κ2) is 3.92. The number of hydrogen-bond donors (Lipinski definition) is 3. The molecule has 0 radical (unpaired) electrons. The van der Waals surface area contributed by atoms with Crippen molar-refractivity contribution < 1.29 is 19.7 Å². The molecule has 0 amide bonds. The lowest BCUT2D eigenvalue weighted by atomic mass is 9.55. The van der Waals surface area contributed by atoms with Crippen LogP contribution >= 0.6 is 0 Å². The van der Waals surface area contributed by atoms with Crippen molar-refractivity contribution in [1.29, 1.82) is 0 Å². The van der Waals surface area contributed by atoms with Crippen molar-refractivity contribution in [3.63, 3.8) is 0 Å². The molecule has 0 unspecified atom stereocenters. The molecule has 0 saturated heterocycles. The second-order valence-corrected chi connectivity index (χ2v) is 6.83. The summed E-state index contributed by atoms with van der Waals surface area (Å²) in [6.07, 6.45) is -0.0866. The lowest BCUT2D eigenvalue weighted by Crippen LogP contribution is -2.70. The highest BCUT2D eigenvalue weighted by Gasteiger charge is 2.61. The Morgan fingerprint density at radius 1 is 1.22 bits per heavy atom. The standard InChI is InChI=1S/C13H23NO4/c1-11(2,3)18-10(17)12-4-5-13(14,8(15)6-12)9(16)7-12/h8-9,15-16H,4-7,14H2,1-3H3/t8-,9-,12?,13?/m0/s1. The number of esters is 1. The first kappa shape index (κ1) is 13.8. The third-order valence-corrected chi connectivity index (χ3v) is 4.28. The summed E-state index contributed by atoms with van der Waals surface area (Å²) in [6.45, 7) is 5.44. The second-order valence-electron chi connectivity index (χ2n) is 6.83. The summed E-state index contributed by atoms with van der Waals surface area (Å²) in [4.78, 5) is 12.3. The number of carbonyl (C=O) groups is 1. The van der Waals surface area contributed by atoms with Crippen LogP contribution in [0, 0.1) is 5.41 Å². The fourth-order valence-electron chi connectivity index (χ4n) is 3.07. The molecule has 0 aromatic carbocycles. The third kappa shape index (κ3) is 2.04. The predicted molar refractivity (Wildman–Crippen MR) is 65.7 cm³/mol. The maximum atomic E-state index is 12.3. The molecule has 0 aliphatic heterocycles. The highest BCUT2D eigenvalue weighted by atomic mass is 16.6. The number of hydrogen-bond acceptors (Lipinski definition) is 5. The summed E-state index contributed by atoms with van der Waals surface area (Å²) in [7, 11) is 0. The van der Waals surface area contributed by atoms with E-state index in [0.717, 1.165) is 0 Å². The molecule has 4 N–H and O–H groups in total. The lowest BCUT2D eigenvalue weighted by molar-refractivity contribution is -0.194. The Morgan fingerprint density at radius 3 is 2.11 bits per heavy atom. The number of aliphatic hydroxyl groups excluding tert-OH is 2. The fourth-order valence-corrected chi connectivity index (χ4v) is 3.07. The summed E-state index contributed by atoms with van der Waals surface area (Å²) in [5, 5.41) is 20.1. The molecule has 0 aromatic heterocycles. The molecule has 0 spiro atoms. The summed E-state index contributed by atoms with van der Waals surface area (Å²) < 4.78 is 5.42. The average Bonchev–Trinajstić information content (AvgIpc) is 2.19. The Hall–Kier alpha value is -0.650. The monoisotopic (exact) mass is 257 g/mol. The quantitative estimate of drug-likeness (QED) is 0.588. The average molecular weight is 257 g/mol. The predicted octanol–water partition coefficient (Wildman–Crippen LogP) is 0.321. The summed E-state index contributed by atoms with van der Waals surface area (Å²) in [6, 6.07) is 0. The zero-order valence-corrected chi connectivity index (χ0v) is 11.3. The van der Waals surface area contributed by atoms with Crippen LogP contribution in [-0.2, 0) is 9.53 Å². The number of aliphatic hydroxyl groups is 2. The van der Waals surface area contributed by atoms with E-state index >= 15 is 0 Å². The van der Waals surface area contributed by atoms with Gasteiger partial charge in [0.15, 0.2) is 0 Å². The summed E-state index contributed by atoms with van der Waals surface area (Å²) in [5.74, 6) is -0.324. The SMILES string of the molecule is CC(C)(C)OC(=O)C12CCC(N)([C@@H](O)C1)[C@@H](O)C2. The fraction of sp³-hybridized carbons (Fsp3) is 0.923. The van der Waals surface area contributed by atoms with Gasteiger partial charge in [-0.3, -0.25) is 4.79 Å². The first-order chi connectivity index (χ1) is 8.09. The van der Waals surface area contributed by atoms with Crippen LogP contribution in [0.2, 0.25) is 0 Å². The molecule has 3 fully saturated rings. The highest BCUT2D eigenvalue weighted by molar-refractivity contribution is 5.78. The minimum absolute atomic E-state index is 0.287. The number of carbonyl (C=O) groups excluding carboxylic acids is 1. The summed E-state index contributed by atoms with van der Waals surface area (Å²) >= 11 is 0. The molecule has 5 nitrogen and oxygen atoms in total. The van der Waals surface area contributed by atoms with Crippen molar-refractivity contribution in [2.45, 2.75) is 69.8 Å². The molecule has 18 heavy (non-hydrogen) atoms. The zero-order chi connectivity index (χ0) is 13.8. The van der Waals surface area contributed by atoms with E-state index < -0.39 is 28.8 Å². The van der Waals surface area contributed by atoms with Crippen molar-refractivity contribution in [2.24, 2.45) is 11.1 Å². The number of fused-ring (bicyclic) bond motifs is 3. The molecule has 2 atom stereocenters. The minimum Gasteiger partial charge on any atom is -0.460 e. The first-order valence-electron chi connectivity index (χ1n) is 6.48. The minimum atomic E-state index is -0.955. The smallest absolute Gasteiger partial charge is 0.312 e. The van der Waals surface area contributed by atoms with Crippen molar-refractivity contribution in [1.82, 2.24) is 0 Å². The van der Waals surface area contributed by atoms with E-state index in [9.17, 15) is 15.0 Å². The van der Waals surface area contributed by atoms with Crippen LogP contribution in [0.3, 0.4) is 0 Å². The van der Waals surface area contributed by atoms with Crippen LogP contribution in [0.1, 0.15) is 46.5 Å². The molecule has 3 rings (SSSR count). The summed E-state index contributed by atoms with van der Waals surface area (Å²) in [5.41, 5.74) is 3.73. The molecule has 0 aromatic rings. The van der Waals surface area contributed by atoms with Gasteiger partial charge in [0.25, 0.3) is 0 Å². The van der Waals surface area contributed by atoms with Gasteiger partial charge in [0.1, 0.15) is 5.60 Å². The Bertz CT molecular complexity index is 348. The van der Waals surface area contributed by atoms with Gasteiger partial charge in [0, 0.05) is 0 Å². The molecule has 3 aliphatic carbocycles. The number of ether oxygens (including phenoxy) is 1. The van der Waals surface area contributed by atoms with Gasteiger partial charge in [-0.05, 0) is 46.5 Å². The molecule has 2 bridgehead atoms. The molecule has 104 valence electrons. The van der Waals surface area contributed by atoms with Crippen LogP contribution < -0.4 is 5.73 Å². The Balaban J connectivity index is 2.21. The van der Waals surface area contributed by atoms with Crippen LogP contribution in [0.25, 0.3) is 0 Å². The van der Waals surface area contributed by atoms with E-state index in [1.807, 2.05) is 20.8 Å². The van der Waals surface area contributed by atoms with E-state index in [4.69, 9.17) is 10.5 Å². The molecular formula is C13H23NO4. The van der Waals surface area contributed by atoms with Gasteiger partial charge in [-0.15, -0.1) is 0 Å². The zero-order valence-electron chi connectivity index (χ0n) is 11.3. The Labute approximate surface area is 107 Å². The van der Waals surface area contributed by atoms with Crippen molar-refractivity contribution in [3.8, 4) is 0 Å². The van der Waals surface area contributed by atoms with E-state index in [2.05, 4.69) is 0 Å². The first-order valence-corrected chi connectivity index (χ1v) is 6.48. The van der Waals surface area contributed by atoms with Crippen molar-refractivity contribution >= 4 is 5.97 Å². The highest BCUT2D eigenvalue weighted by Crippen LogP contribution is 2.52. The van der Waals surface area contributed by atoms with Gasteiger partial charge in [-0.25, -0.2) is 0 Å². The van der Waals surface area contributed by atoms with Gasteiger partial charge in [-0.2, -0.15) is 0 Å². The van der Waals surface area contributed by atoms with Gasteiger partial charge in [0.05, 0.1) is 23.2 Å². The molecule has 3 aliphatic rings. The Kier molecular flexibility index (Phi) is 3.00. The number of rotatable bonds is 1. The number of nitrogens with two attached hydrogens (primary N) is 1. The normalized spacial score (nSPS) is 43.9. The lowest BCUT2D eigenvalue weighted by Gasteiger charge is -2.55. The third-order valence-electron chi connectivity index (χ3n) is 4.28. The maximum absolute atomic E-state index is 12.3. The molecule has 0 heterocycles. The van der Waals surface area contributed by atoms with Crippen LogP contribution in [0.15, 0.2) is 0 Å². The van der Waals surface area contributed by atoms with Crippen LogP contribution in [-0.4, -0.2) is 39.5 Å². The van der Waals surface area contributed by atoms with Gasteiger partial charge < -0.3 is 20.7 Å². The van der Waals surface area contributed by atoms with Crippen molar-refractivity contribution in [3.05, 3.63) is 0 Å². The van der Waals surface area contributed by atoms with Crippen LogP contribution in [0.5, 0.6) is 0 Å². The molecular weight excluding hydrogens is 234 g/mol. The van der Waals surface area contributed by atoms with Crippen LogP contribution in [0.4, 0.5) is 0 Å². The molecule has 5 heteroatoms. The van der Waals surface area contributed by atoms with E-state index in [-0.39, 0.29) is 18.8 Å². The maximum Gasteiger partial charge on any atom is 0.312 e. The van der Waals surface area contributed by atoms with E-state index in [1.54, 1.807) is 0 Å². The van der Waals surface area contributed by atoms with E-state index in [0.29, 0.717) is 12.8 Å². The largest absolute Gasteiger partial charge is 0.460 e. The van der Waals surface area contributed by atoms with Gasteiger partial charge >= 0.3 is 5.97 Å².